The Morgan fingerprint density at radius 1 is 1.31 bits per heavy atom. The van der Waals surface area contributed by atoms with Gasteiger partial charge in [-0.15, -0.1) is 0 Å². The third-order valence-corrected chi connectivity index (χ3v) is 6.19. The number of aryl methyl sites for hydroxylation is 1. The third kappa shape index (κ3) is 7.68. The lowest BCUT2D eigenvalue weighted by Crippen LogP contribution is -2.33. The van der Waals surface area contributed by atoms with Crippen LogP contribution in [-0.2, 0) is 29.6 Å². The molecular weight excluding hydrogens is 399 g/mol. The highest BCUT2D eigenvalue weighted by Crippen LogP contribution is 2.49. The van der Waals surface area contributed by atoms with Crippen LogP contribution < -0.4 is 11.2 Å². The van der Waals surface area contributed by atoms with Gasteiger partial charge in [-0.05, 0) is 40.0 Å². The number of hydrogen-bond acceptors (Lipinski definition) is 7. The summed E-state index contributed by atoms with van der Waals surface area (Å²) in [6.45, 7) is 6.75. The third-order valence-electron chi connectivity index (χ3n) is 4.41. The predicted molar refractivity (Wildman–Crippen MR) is 109 cm³/mol. The second-order valence-corrected chi connectivity index (χ2v) is 8.72. The molecule has 2 heterocycles. The van der Waals surface area contributed by atoms with Gasteiger partial charge >= 0.3 is 13.3 Å². The first-order chi connectivity index (χ1) is 13.9. The number of ether oxygens (including phenoxy) is 2. The highest BCUT2D eigenvalue weighted by molar-refractivity contribution is 7.57. The van der Waals surface area contributed by atoms with Crippen molar-refractivity contribution in [1.29, 1.82) is 0 Å². The molecule has 1 aliphatic rings. The molecule has 10 heteroatoms. The average Bonchev–Trinajstić information content (AvgIpc) is 2.69. The molecule has 2 rings (SSSR count). The quantitative estimate of drug-likeness (QED) is 0.538. The number of nitrogens with one attached hydrogen (secondary N) is 1. The lowest BCUT2D eigenvalue weighted by atomic mass is 10.1. The summed E-state index contributed by atoms with van der Waals surface area (Å²) >= 11 is 0. The number of H-pyrrole nitrogens is 1. The van der Waals surface area contributed by atoms with Crippen molar-refractivity contribution in [2.75, 3.05) is 26.4 Å². The second-order valence-electron chi connectivity index (χ2n) is 6.83. The van der Waals surface area contributed by atoms with Crippen LogP contribution in [0.5, 0.6) is 0 Å². The Labute approximate surface area is 170 Å². The van der Waals surface area contributed by atoms with Gasteiger partial charge in [-0.1, -0.05) is 6.08 Å². The van der Waals surface area contributed by atoms with E-state index < -0.39 is 18.8 Å². The fraction of sp³-hybridized carbons (Fsp3) is 0.684. The van der Waals surface area contributed by atoms with Crippen LogP contribution in [0.15, 0.2) is 27.7 Å². The lowest BCUT2D eigenvalue weighted by molar-refractivity contribution is -0.167. The monoisotopic (exact) mass is 430 g/mol. The second kappa shape index (κ2) is 11.6. The Kier molecular flexibility index (Phi) is 9.52. The van der Waals surface area contributed by atoms with Gasteiger partial charge in [0.25, 0.3) is 5.56 Å². The van der Waals surface area contributed by atoms with E-state index in [1.807, 2.05) is 0 Å². The molecule has 164 valence electrons. The first-order valence-corrected chi connectivity index (χ1v) is 11.6. The molecule has 0 bridgehead atoms. The Morgan fingerprint density at radius 2 is 2.03 bits per heavy atom. The Hall–Kier alpha value is -1.51. The van der Waals surface area contributed by atoms with Crippen molar-refractivity contribution in [3.05, 3.63) is 44.5 Å². The highest BCUT2D eigenvalue weighted by atomic mass is 31.2. The topological polar surface area (TPSA) is 109 Å². The summed E-state index contributed by atoms with van der Waals surface area (Å²) in [5.74, 6) is 1.11. The first-order valence-electron chi connectivity index (χ1n) is 9.98. The molecule has 0 amide bonds. The molecule has 1 saturated heterocycles. The van der Waals surface area contributed by atoms with E-state index >= 15 is 0 Å². The first kappa shape index (κ1) is 23.8. The van der Waals surface area contributed by atoms with E-state index in [-0.39, 0.29) is 38.6 Å². The van der Waals surface area contributed by atoms with E-state index in [1.165, 1.54) is 16.6 Å². The van der Waals surface area contributed by atoms with Crippen molar-refractivity contribution in [3.8, 4) is 0 Å². The van der Waals surface area contributed by atoms with Crippen LogP contribution in [0.4, 0.5) is 0 Å². The highest BCUT2D eigenvalue weighted by Gasteiger charge is 2.22. The summed E-state index contributed by atoms with van der Waals surface area (Å²) in [5, 5.41) is 0. The fourth-order valence-corrected chi connectivity index (χ4v) is 4.38. The van der Waals surface area contributed by atoms with Gasteiger partial charge in [0.1, 0.15) is 0 Å². The molecule has 0 aromatic carbocycles. The minimum absolute atomic E-state index is 0.234. The normalized spacial score (nSPS) is 18.9. The maximum atomic E-state index is 12.7. The average molecular weight is 430 g/mol. The van der Waals surface area contributed by atoms with Crippen LogP contribution >= 0.6 is 7.60 Å². The molecule has 0 spiro atoms. The van der Waals surface area contributed by atoms with Crippen LogP contribution in [0, 0.1) is 12.8 Å². The van der Waals surface area contributed by atoms with Crippen molar-refractivity contribution in [1.82, 2.24) is 9.55 Å². The summed E-state index contributed by atoms with van der Waals surface area (Å²) in [5.41, 5.74) is -0.494. The summed E-state index contributed by atoms with van der Waals surface area (Å²) in [6.07, 6.45) is 5.75. The van der Waals surface area contributed by atoms with Crippen LogP contribution in [0.25, 0.3) is 0 Å². The van der Waals surface area contributed by atoms with Gasteiger partial charge < -0.3 is 18.5 Å². The minimum Gasteiger partial charge on any atom is -0.353 e. The van der Waals surface area contributed by atoms with E-state index in [0.29, 0.717) is 12.2 Å². The minimum atomic E-state index is -3.38. The van der Waals surface area contributed by atoms with Crippen LogP contribution in [0.3, 0.4) is 0 Å². The van der Waals surface area contributed by atoms with E-state index in [9.17, 15) is 14.2 Å². The summed E-state index contributed by atoms with van der Waals surface area (Å²) < 4.78 is 36.2. The van der Waals surface area contributed by atoms with Gasteiger partial charge in [0.2, 0.25) is 0 Å². The molecular formula is C19H31N2O7P. The van der Waals surface area contributed by atoms with Gasteiger partial charge in [0, 0.05) is 36.6 Å². The van der Waals surface area contributed by atoms with E-state index in [2.05, 4.69) is 4.98 Å². The van der Waals surface area contributed by atoms with Crippen LogP contribution in [-0.4, -0.2) is 42.3 Å². The number of aromatic amines is 1. The van der Waals surface area contributed by atoms with Crippen molar-refractivity contribution >= 4 is 7.60 Å². The zero-order chi connectivity index (χ0) is 21.3. The van der Waals surface area contributed by atoms with Crippen LogP contribution in [0.2, 0.25) is 0 Å². The van der Waals surface area contributed by atoms with Crippen molar-refractivity contribution in [3.63, 3.8) is 0 Å². The van der Waals surface area contributed by atoms with Gasteiger partial charge in [-0.2, -0.15) is 0 Å². The Bertz CT molecular complexity index is 817. The maximum absolute atomic E-state index is 12.7. The molecule has 1 aliphatic heterocycles. The Balaban J connectivity index is 2.18. The molecule has 1 aromatic heterocycles. The summed E-state index contributed by atoms with van der Waals surface area (Å²) in [4.78, 5) is 26.1. The summed E-state index contributed by atoms with van der Waals surface area (Å²) in [7, 11) is -3.38. The van der Waals surface area contributed by atoms with Crippen LogP contribution in [0.1, 0.15) is 38.7 Å². The zero-order valence-corrected chi connectivity index (χ0v) is 18.2. The zero-order valence-electron chi connectivity index (χ0n) is 17.3. The van der Waals surface area contributed by atoms with Crippen molar-refractivity contribution in [2.24, 2.45) is 5.92 Å². The number of rotatable bonds is 11. The van der Waals surface area contributed by atoms with E-state index in [0.717, 1.165) is 19.3 Å². The molecule has 0 saturated carbocycles. The molecule has 2 unspecified atom stereocenters. The SMILES string of the molecule is CCOP(=O)(C=CC(COC1CCCCO1)Cn1cc(C)c(=O)[nH]c1=O)OCC. The molecule has 2 atom stereocenters. The molecule has 1 N–H and O–H groups in total. The molecule has 0 radical (unpaired) electrons. The van der Waals surface area contributed by atoms with Gasteiger partial charge in [0.05, 0.1) is 19.8 Å². The molecule has 29 heavy (non-hydrogen) atoms. The van der Waals surface area contributed by atoms with Crippen molar-refractivity contribution in [2.45, 2.75) is 52.9 Å². The van der Waals surface area contributed by atoms with Crippen molar-refractivity contribution < 1.29 is 23.1 Å². The number of nitrogens with zero attached hydrogens (tertiary/aromatic N) is 1. The van der Waals surface area contributed by atoms with E-state index in [4.69, 9.17) is 18.5 Å². The Morgan fingerprint density at radius 3 is 2.66 bits per heavy atom. The molecule has 0 aliphatic carbocycles. The smallest absolute Gasteiger partial charge is 0.353 e. The molecule has 9 nitrogen and oxygen atoms in total. The maximum Gasteiger partial charge on any atom is 0.353 e. The fourth-order valence-electron chi connectivity index (χ4n) is 2.96. The van der Waals surface area contributed by atoms with E-state index in [1.54, 1.807) is 26.8 Å². The molecule has 1 fully saturated rings. The van der Waals surface area contributed by atoms with Gasteiger partial charge in [-0.25, -0.2) is 4.79 Å². The van der Waals surface area contributed by atoms with Gasteiger partial charge in [-0.3, -0.25) is 18.9 Å². The number of hydrogen-bond donors (Lipinski definition) is 1. The summed E-state index contributed by atoms with van der Waals surface area (Å²) in [6, 6.07) is 0. The number of aromatic nitrogens is 2. The predicted octanol–water partition coefficient (Wildman–Crippen LogP) is 2.78. The standard InChI is InChI=1S/C19H31N2O7P/c1-4-27-29(24,28-5-2)11-9-16(14-26-17-8-6-7-10-25-17)13-21-12-15(3)18(22)20-19(21)23/h9,11-12,16-17H,4-8,10,13-14H2,1-3H3,(H,20,22,23). The molecule has 1 aromatic rings. The largest absolute Gasteiger partial charge is 0.353 e. The van der Waals surface area contributed by atoms with Gasteiger partial charge in [0.15, 0.2) is 6.29 Å². The lowest BCUT2D eigenvalue weighted by Gasteiger charge is -2.25.